The van der Waals surface area contributed by atoms with Crippen molar-refractivity contribution in [2.45, 2.75) is 39.0 Å². The quantitative estimate of drug-likeness (QED) is 0.425. The Morgan fingerprint density at radius 1 is 1.57 bits per heavy atom. The maximum atomic E-state index is 11.1. The van der Waals surface area contributed by atoms with Crippen LogP contribution in [0, 0.1) is 5.92 Å². The van der Waals surface area contributed by atoms with E-state index < -0.39 is 0 Å². The first-order valence-electron chi connectivity index (χ1n) is 5.21. The number of carbonyl (C=O) groups excluding carboxylic acids is 1. The van der Waals surface area contributed by atoms with Crippen molar-refractivity contribution in [2.24, 2.45) is 11.1 Å². The molecule has 1 aliphatic carbocycles. The third kappa shape index (κ3) is 2.98. The van der Waals surface area contributed by atoms with Crippen LogP contribution in [-0.4, -0.2) is 16.7 Å². The summed E-state index contributed by atoms with van der Waals surface area (Å²) in [5, 5.41) is 11.6. The van der Waals surface area contributed by atoms with E-state index in [1.807, 2.05) is 6.08 Å². The predicted octanol–water partition coefficient (Wildman–Crippen LogP) is 2.54. The standard InChI is InChI=1S/C11H17NO2/c1-2-3-4-5-9-6-7-11(13)10(8-9)12-14/h6-7,9,14H,2-5,8H2,1H3/b12-10-. The van der Waals surface area contributed by atoms with Gasteiger partial charge in [-0.1, -0.05) is 37.4 Å². The lowest BCUT2D eigenvalue weighted by atomic mass is 9.89. The van der Waals surface area contributed by atoms with E-state index in [9.17, 15) is 4.79 Å². The van der Waals surface area contributed by atoms with E-state index in [0.717, 1.165) is 6.42 Å². The Bertz CT molecular complexity index is 256. The second-order valence-corrected chi connectivity index (χ2v) is 3.73. The largest absolute Gasteiger partial charge is 0.411 e. The van der Waals surface area contributed by atoms with Crippen LogP contribution < -0.4 is 0 Å². The monoisotopic (exact) mass is 195 g/mol. The molecule has 1 aliphatic rings. The summed E-state index contributed by atoms with van der Waals surface area (Å²) in [5.74, 6) is 0.226. The van der Waals surface area contributed by atoms with Gasteiger partial charge in [0.1, 0.15) is 5.71 Å². The molecule has 0 spiro atoms. The number of carbonyl (C=O) groups is 1. The van der Waals surface area contributed by atoms with Crippen LogP contribution in [0.25, 0.3) is 0 Å². The highest BCUT2D eigenvalue weighted by atomic mass is 16.4. The van der Waals surface area contributed by atoms with Gasteiger partial charge in [0.2, 0.25) is 5.78 Å². The highest BCUT2D eigenvalue weighted by Gasteiger charge is 2.19. The van der Waals surface area contributed by atoms with Crippen LogP contribution in [-0.2, 0) is 4.79 Å². The minimum absolute atomic E-state index is 0.153. The molecule has 3 nitrogen and oxygen atoms in total. The molecule has 0 saturated carbocycles. The third-order valence-corrected chi connectivity index (χ3v) is 2.56. The Hall–Kier alpha value is -1.12. The lowest BCUT2D eigenvalue weighted by Crippen LogP contribution is -2.20. The summed E-state index contributed by atoms with van der Waals surface area (Å²) >= 11 is 0. The van der Waals surface area contributed by atoms with Gasteiger partial charge in [-0.15, -0.1) is 0 Å². The number of oxime groups is 1. The van der Waals surface area contributed by atoms with E-state index in [-0.39, 0.29) is 5.78 Å². The lowest BCUT2D eigenvalue weighted by Gasteiger charge is -2.15. The Balaban J connectivity index is 2.42. The highest BCUT2D eigenvalue weighted by Crippen LogP contribution is 2.19. The fourth-order valence-corrected chi connectivity index (χ4v) is 1.68. The van der Waals surface area contributed by atoms with Gasteiger partial charge in [-0.25, -0.2) is 0 Å². The average molecular weight is 195 g/mol. The number of hydrogen-bond donors (Lipinski definition) is 1. The van der Waals surface area contributed by atoms with E-state index in [1.165, 1.54) is 25.3 Å². The Labute approximate surface area is 84.5 Å². The maximum Gasteiger partial charge on any atom is 0.203 e. The van der Waals surface area contributed by atoms with Gasteiger partial charge in [0.05, 0.1) is 0 Å². The van der Waals surface area contributed by atoms with Crippen molar-refractivity contribution in [3.63, 3.8) is 0 Å². The number of nitrogens with zero attached hydrogens (tertiary/aromatic N) is 1. The van der Waals surface area contributed by atoms with Gasteiger partial charge in [-0.3, -0.25) is 4.79 Å². The summed E-state index contributed by atoms with van der Waals surface area (Å²) in [4.78, 5) is 11.1. The molecule has 1 N–H and O–H groups in total. The molecule has 0 aromatic rings. The number of ketones is 1. The molecule has 0 aliphatic heterocycles. The molecule has 0 aromatic heterocycles. The van der Waals surface area contributed by atoms with E-state index in [0.29, 0.717) is 18.1 Å². The minimum Gasteiger partial charge on any atom is -0.411 e. The van der Waals surface area contributed by atoms with Crippen LogP contribution in [0.3, 0.4) is 0 Å². The van der Waals surface area contributed by atoms with Crippen LogP contribution in [0.1, 0.15) is 39.0 Å². The molecule has 0 heterocycles. The van der Waals surface area contributed by atoms with Gasteiger partial charge in [-0.2, -0.15) is 0 Å². The zero-order valence-corrected chi connectivity index (χ0v) is 8.57. The maximum absolute atomic E-state index is 11.1. The van der Waals surface area contributed by atoms with Gasteiger partial charge in [0, 0.05) is 6.42 Å². The van der Waals surface area contributed by atoms with Crippen molar-refractivity contribution < 1.29 is 10.0 Å². The summed E-state index contributed by atoms with van der Waals surface area (Å²) in [6.45, 7) is 2.17. The van der Waals surface area contributed by atoms with Crippen LogP contribution >= 0.6 is 0 Å². The number of rotatable bonds is 4. The average Bonchev–Trinajstić information content (AvgIpc) is 2.21. The van der Waals surface area contributed by atoms with Gasteiger partial charge < -0.3 is 5.21 Å². The smallest absolute Gasteiger partial charge is 0.203 e. The summed E-state index contributed by atoms with van der Waals surface area (Å²) in [6.07, 6.45) is 8.74. The van der Waals surface area contributed by atoms with Crippen molar-refractivity contribution in [1.29, 1.82) is 0 Å². The molecule has 1 unspecified atom stereocenters. The summed E-state index contributed by atoms with van der Waals surface area (Å²) in [6, 6.07) is 0. The minimum atomic E-state index is -0.153. The van der Waals surface area contributed by atoms with Crippen LogP contribution in [0.15, 0.2) is 17.3 Å². The van der Waals surface area contributed by atoms with Crippen LogP contribution in [0.2, 0.25) is 0 Å². The molecule has 0 saturated heterocycles. The molecule has 3 heteroatoms. The molecule has 0 amide bonds. The molecule has 0 aromatic carbocycles. The molecule has 1 atom stereocenters. The first-order valence-corrected chi connectivity index (χ1v) is 5.21. The SMILES string of the molecule is CCCCCC1C=CC(=O)/C(=N\O)C1. The molecule has 0 radical (unpaired) electrons. The van der Waals surface area contributed by atoms with Gasteiger partial charge in [-0.05, 0) is 18.4 Å². The number of unbranched alkanes of at least 4 members (excludes halogenated alkanes) is 2. The molecule has 0 fully saturated rings. The summed E-state index contributed by atoms with van der Waals surface area (Å²) < 4.78 is 0. The van der Waals surface area contributed by atoms with Crippen molar-refractivity contribution >= 4 is 11.5 Å². The normalized spacial score (nSPS) is 24.5. The lowest BCUT2D eigenvalue weighted by molar-refractivity contribution is -0.109. The molecule has 0 bridgehead atoms. The summed E-state index contributed by atoms with van der Waals surface area (Å²) in [7, 11) is 0. The second kappa shape index (κ2) is 5.58. The molecule has 14 heavy (non-hydrogen) atoms. The van der Waals surface area contributed by atoms with Gasteiger partial charge >= 0.3 is 0 Å². The summed E-state index contributed by atoms with van der Waals surface area (Å²) in [5.41, 5.74) is 0.300. The first kappa shape index (κ1) is 11.0. The fraction of sp³-hybridized carbons (Fsp3) is 0.636. The predicted molar refractivity (Wildman–Crippen MR) is 55.6 cm³/mol. The third-order valence-electron chi connectivity index (χ3n) is 2.56. The van der Waals surface area contributed by atoms with Crippen molar-refractivity contribution in [3.05, 3.63) is 12.2 Å². The Morgan fingerprint density at radius 3 is 3.00 bits per heavy atom. The zero-order valence-electron chi connectivity index (χ0n) is 8.57. The molecular weight excluding hydrogens is 178 g/mol. The van der Waals surface area contributed by atoms with Crippen LogP contribution in [0.4, 0.5) is 0 Å². The molecule has 1 rings (SSSR count). The molecule has 78 valence electrons. The number of hydrogen-bond acceptors (Lipinski definition) is 3. The highest BCUT2D eigenvalue weighted by molar-refractivity contribution is 6.44. The van der Waals surface area contributed by atoms with E-state index in [4.69, 9.17) is 5.21 Å². The van der Waals surface area contributed by atoms with E-state index >= 15 is 0 Å². The molecular formula is C11H17NO2. The Kier molecular flexibility index (Phi) is 4.36. The van der Waals surface area contributed by atoms with Crippen molar-refractivity contribution in [2.75, 3.05) is 0 Å². The van der Waals surface area contributed by atoms with Gasteiger partial charge in [0.15, 0.2) is 0 Å². The van der Waals surface area contributed by atoms with E-state index in [1.54, 1.807) is 0 Å². The van der Waals surface area contributed by atoms with Crippen LogP contribution in [0.5, 0.6) is 0 Å². The first-order chi connectivity index (χ1) is 6.77. The zero-order chi connectivity index (χ0) is 10.4. The van der Waals surface area contributed by atoms with Crippen molar-refractivity contribution in [3.8, 4) is 0 Å². The fourth-order valence-electron chi connectivity index (χ4n) is 1.68. The second-order valence-electron chi connectivity index (χ2n) is 3.73. The van der Waals surface area contributed by atoms with E-state index in [2.05, 4.69) is 12.1 Å². The van der Waals surface area contributed by atoms with Crippen molar-refractivity contribution in [1.82, 2.24) is 0 Å². The number of allylic oxidation sites excluding steroid dienone is 2. The topological polar surface area (TPSA) is 49.7 Å². The van der Waals surface area contributed by atoms with Gasteiger partial charge in [0.25, 0.3) is 0 Å². The Morgan fingerprint density at radius 2 is 2.36 bits per heavy atom.